The third-order valence-electron chi connectivity index (χ3n) is 7.94. The van der Waals surface area contributed by atoms with Gasteiger partial charge in [0, 0.05) is 0 Å². The van der Waals surface area contributed by atoms with Crippen molar-refractivity contribution in [3.8, 4) is 0 Å². The molecular weight excluding hydrogens is 589 g/mol. The maximum Gasteiger partial charge on any atom is -1.00 e. The molecule has 2 nitrogen and oxygen atoms in total. The van der Waals surface area contributed by atoms with E-state index in [4.69, 9.17) is 0 Å². The predicted octanol–water partition coefficient (Wildman–Crippen LogP) is -0.0347. The second kappa shape index (κ2) is 10.5. The van der Waals surface area contributed by atoms with E-state index in [-0.39, 0.29) is 9.41 Å². The second-order valence-corrected chi connectivity index (χ2v) is 24.3. The van der Waals surface area contributed by atoms with Gasteiger partial charge in [0.05, 0.1) is 0 Å². The Morgan fingerprint density at radius 3 is 1.29 bits per heavy atom. The number of nitrogens with zero attached hydrogens (tertiary/aromatic N) is 2. The van der Waals surface area contributed by atoms with Crippen LogP contribution in [0.4, 0.5) is 0 Å². The van der Waals surface area contributed by atoms with Crippen LogP contribution in [-0.2, 0) is 22.9 Å². The Bertz CT molecular complexity index is 736. The molecule has 0 N–H and O–H groups in total. The Morgan fingerprint density at radius 2 is 0.968 bits per heavy atom. The molecule has 2 heterocycles. The molecule has 0 spiro atoms. The van der Waals surface area contributed by atoms with E-state index in [0.29, 0.717) is 0 Å². The first-order valence-electron chi connectivity index (χ1n) is 11.8. The summed E-state index contributed by atoms with van der Waals surface area (Å²) in [4.78, 5) is 0. The van der Waals surface area contributed by atoms with Crippen LogP contribution in [0.15, 0.2) is 40.4 Å². The summed E-state index contributed by atoms with van der Waals surface area (Å²) in [6.45, 7) is 20.8. The number of hydrogen-bond acceptors (Lipinski definition) is 2. The van der Waals surface area contributed by atoms with E-state index in [1.54, 1.807) is 11.1 Å². The quantitative estimate of drug-likeness (QED) is 0.382. The third-order valence-corrected chi connectivity index (χ3v) is 23.1. The van der Waals surface area contributed by atoms with Crippen LogP contribution in [0, 0.1) is 0 Å². The zero-order valence-electron chi connectivity index (χ0n) is 20.4. The normalized spacial score (nSPS) is 23.0. The molecule has 2 saturated heterocycles. The molecule has 0 bridgehead atoms. The van der Waals surface area contributed by atoms with Gasteiger partial charge in [0.15, 0.2) is 0 Å². The van der Waals surface area contributed by atoms with Crippen molar-refractivity contribution >= 4 is 16.5 Å². The Kier molecular flexibility index (Phi) is 9.28. The molecule has 0 aromatic carbocycles. The van der Waals surface area contributed by atoms with Gasteiger partial charge in [0.1, 0.15) is 0 Å². The summed E-state index contributed by atoms with van der Waals surface area (Å²) < 4.78 is 9.75. The minimum Gasteiger partial charge on any atom is -1.00 e. The van der Waals surface area contributed by atoms with Gasteiger partial charge in [-0.05, 0) is 0 Å². The summed E-state index contributed by atoms with van der Waals surface area (Å²) in [6.07, 6.45) is 13.4. The van der Waals surface area contributed by atoms with Gasteiger partial charge in [0.25, 0.3) is 0 Å². The maximum absolute atomic E-state index is 2.91. The van der Waals surface area contributed by atoms with Crippen LogP contribution in [-0.4, -0.2) is 51.8 Å². The van der Waals surface area contributed by atoms with E-state index in [0.717, 1.165) is 0 Å². The first kappa shape index (κ1) is 27.3. The smallest absolute Gasteiger partial charge is 1.00 e. The summed E-state index contributed by atoms with van der Waals surface area (Å²) in [5, 5.41) is 3.78. The van der Waals surface area contributed by atoms with Crippen LogP contribution >= 0.6 is 0 Å². The van der Waals surface area contributed by atoms with Gasteiger partial charge < -0.3 is 9.41 Å². The SMILES string of the molecule is CC1=CC[C]([Hf+2][C]2=C([Si](C)(C)N3CCCC3)C(C)=CC2)=C1[Si](C)(C)N1CCCC1.[F-].[F-]. The van der Waals surface area contributed by atoms with Crippen molar-refractivity contribution in [2.24, 2.45) is 0 Å². The van der Waals surface area contributed by atoms with Crippen molar-refractivity contribution < 1.29 is 32.3 Å². The summed E-state index contributed by atoms with van der Waals surface area (Å²) in [5.41, 5.74) is 3.30. The molecule has 0 saturated carbocycles. The second-order valence-electron chi connectivity index (χ2n) is 10.5. The molecule has 0 atom stereocenters. The van der Waals surface area contributed by atoms with E-state index in [9.17, 15) is 0 Å². The predicted molar refractivity (Wildman–Crippen MR) is 127 cm³/mol. The van der Waals surface area contributed by atoms with Crippen molar-refractivity contribution in [2.75, 3.05) is 26.2 Å². The molecule has 2 fully saturated rings. The molecule has 0 amide bonds. The van der Waals surface area contributed by atoms with E-state index >= 15 is 0 Å². The van der Waals surface area contributed by atoms with Crippen LogP contribution in [0.25, 0.3) is 0 Å². The average molecular weight is 629 g/mol. The Hall–Kier alpha value is 0.0439. The number of halogens is 2. The molecule has 172 valence electrons. The van der Waals surface area contributed by atoms with Crippen LogP contribution in [0.2, 0.25) is 26.2 Å². The van der Waals surface area contributed by atoms with Crippen molar-refractivity contribution in [1.29, 1.82) is 0 Å². The van der Waals surface area contributed by atoms with Gasteiger partial charge in [-0.15, -0.1) is 0 Å². The fraction of sp³-hybridized carbons (Fsp3) is 0.667. The molecule has 2 aliphatic carbocycles. The first-order valence-corrected chi connectivity index (χ1v) is 21.3. The van der Waals surface area contributed by atoms with Gasteiger partial charge in [0.2, 0.25) is 0 Å². The van der Waals surface area contributed by atoms with Crippen molar-refractivity contribution in [1.82, 2.24) is 9.13 Å². The number of rotatable bonds is 6. The molecule has 0 unspecified atom stereocenters. The largest absolute Gasteiger partial charge is 1.00 e. The van der Waals surface area contributed by atoms with Crippen LogP contribution in [0.1, 0.15) is 52.4 Å². The summed E-state index contributed by atoms with van der Waals surface area (Å²) in [6, 6.07) is 0. The van der Waals surface area contributed by atoms with Crippen molar-refractivity contribution in [3.05, 3.63) is 40.4 Å². The van der Waals surface area contributed by atoms with E-state index in [1.165, 1.54) is 64.7 Å². The summed E-state index contributed by atoms with van der Waals surface area (Å²) in [5.74, 6) is 0. The topological polar surface area (TPSA) is 6.48 Å². The first-order chi connectivity index (χ1) is 13.7. The van der Waals surface area contributed by atoms with Gasteiger partial charge >= 0.3 is 194 Å². The Balaban J connectivity index is 0.00000171. The van der Waals surface area contributed by atoms with Gasteiger partial charge in [-0.3, -0.25) is 0 Å². The summed E-state index contributed by atoms with van der Waals surface area (Å²) >= 11 is -0.966. The summed E-state index contributed by atoms with van der Waals surface area (Å²) in [7, 11) is -2.98. The standard InChI is InChI=1S/2C12H20NSi.2FH.Hf/c2*1-11-7-6-8-12(11)14(2,3)13-9-4-5-10-13;;;/h2*7H,4-6,9-10H2,1-3H3;2*1H;/q;;;;+2/p-2. The van der Waals surface area contributed by atoms with Crippen molar-refractivity contribution in [3.63, 3.8) is 0 Å². The van der Waals surface area contributed by atoms with Gasteiger partial charge in [-0.1, -0.05) is 0 Å². The number of hydrogen-bond donors (Lipinski definition) is 0. The minimum atomic E-state index is -1.49. The van der Waals surface area contributed by atoms with Crippen molar-refractivity contribution in [2.45, 2.75) is 78.6 Å². The molecule has 4 rings (SSSR count). The number of allylic oxidation sites excluding steroid dienone is 8. The fourth-order valence-corrected chi connectivity index (χ4v) is 26.4. The van der Waals surface area contributed by atoms with Crippen LogP contribution in [0.5, 0.6) is 0 Å². The molecule has 7 heteroatoms. The zero-order valence-corrected chi connectivity index (χ0v) is 26.0. The zero-order chi connectivity index (χ0) is 20.8. The van der Waals surface area contributed by atoms with E-state index < -0.39 is 39.4 Å². The van der Waals surface area contributed by atoms with Gasteiger partial charge in [-0.2, -0.15) is 0 Å². The molecule has 0 aromatic rings. The fourth-order valence-electron chi connectivity index (χ4n) is 6.38. The maximum atomic E-state index is 2.91. The molecule has 31 heavy (non-hydrogen) atoms. The average Bonchev–Trinajstić information content (AvgIpc) is 3.43. The Morgan fingerprint density at radius 1 is 0.645 bits per heavy atom. The molecule has 0 aromatic heterocycles. The van der Waals surface area contributed by atoms with E-state index in [2.05, 4.69) is 61.3 Å². The Labute approximate surface area is 202 Å². The van der Waals surface area contributed by atoms with Crippen LogP contribution < -0.4 is 9.41 Å². The molecular formula is C24H40F2HfN2Si2. The minimum absolute atomic E-state index is 0. The molecule has 0 radical (unpaired) electrons. The molecule has 4 aliphatic rings. The monoisotopic (exact) mass is 630 g/mol. The van der Waals surface area contributed by atoms with Gasteiger partial charge in [-0.25, -0.2) is 0 Å². The third kappa shape index (κ3) is 5.10. The van der Waals surface area contributed by atoms with E-state index in [1.807, 2.05) is 17.1 Å². The van der Waals surface area contributed by atoms with Crippen LogP contribution in [0.3, 0.4) is 0 Å². The molecule has 2 aliphatic heterocycles.